The number of aromatic nitrogens is 2. The molecule has 0 radical (unpaired) electrons. The fourth-order valence-electron chi connectivity index (χ4n) is 2.78. The van der Waals surface area contributed by atoms with Gasteiger partial charge in [-0.25, -0.2) is 0 Å². The molecule has 1 unspecified atom stereocenters. The van der Waals surface area contributed by atoms with E-state index in [4.69, 9.17) is 0 Å². The number of hydrogen-bond donors (Lipinski definition) is 1. The van der Waals surface area contributed by atoms with E-state index in [-0.39, 0.29) is 11.8 Å². The number of nitrogens with one attached hydrogen (secondary N) is 1. The number of hydrogen-bond acceptors (Lipinski definition) is 3. The van der Waals surface area contributed by atoms with Crippen molar-refractivity contribution in [1.82, 2.24) is 15.1 Å². The van der Waals surface area contributed by atoms with E-state index in [1.807, 2.05) is 31.2 Å². The van der Waals surface area contributed by atoms with E-state index < -0.39 is 6.04 Å². The highest BCUT2D eigenvalue weighted by atomic mass is 79.9. The molecule has 2 amide bonds. The predicted octanol–water partition coefficient (Wildman–Crippen LogP) is 2.59. The average molecular weight is 391 g/mol. The van der Waals surface area contributed by atoms with Crippen LogP contribution in [-0.4, -0.2) is 34.2 Å². The van der Waals surface area contributed by atoms with Crippen molar-refractivity contribution in [2.75, 3.05) is 11.4 Å². The van der Waals surface area contributed by atoms with E-state index in [9.17, 15) is 9.59 Å². The van der Waals surface area contributed by atoms with Crippen LogP contribution in [0, 0.1) is 0 Å². The van der Waals surface area contributed by atoms with E-state index in [1.165, 1.54) is 0 Å². The lowest BCUT2D eigenvalue weighted by molar-refractivity contribution is -0.121. The molecular formula is C17H19BrN4O2. The summed E-state index contributed by atoms with van der Waals surface area (Å²) in [4.78, 5) is 26.8. The maximum Gasteiger partial charge on any atom is 0.272 e. The fourth-order valence-corrected chi connectivity index (χ4v) is 3.04. The number of aryl methyl sites for hydroxylation is 1. The highest BCUT2D eigenvalue weighted by Crippen LogP contribution is 2.23. The van der Waals surface area contributed by atoms with E-state index in [0.717, 1.165) is 16.6 Å². The maximum absolute atomic E-state index is 12.7. The normalized spacial score (nSPS) is 17.8. The molecule has 1 aliphatic heterocycles. The van der Waals surface area contributed by atoms with Crippen molar-refractivity contribution in [3.63, 3.8) is 0 Å². The lowest BCUT2D eigenvalue weighted by atomic mass is 10.0. The topological polar surface area (TPSA) is 67.2 Å². The molecule has 0 spiro atoms. The lowest BCUT2D eigenvalue weighted by Gasteiger charge is -2.32. The van der Waals surface area contributed by atoms with Gasteiger partial charge in [-0.3, -0.25) is 14.3 Å². The van der Waals surface area contributed by atoms with Crippen LogP contribution in [0.4, 0.5) is 5.69 Å². The number of nitrogens with zero attached hydrogens (tertiary/aromatic N) is 3. The second-order valence-electron chi connectivity index (χ2n) is 5.69. The van der Waals surface area contributed by atoms with Gasteiger partial charge in [0.2, 0.25) is 5.91 Å². The first-order valence-corrected chi connectivity index (χ1v) is 8.79. The van der Waals surface area contributed by atoms with Gasteiger partial charge in [0, 0.05) is 29.4 Å². The Labute approximate surface area is 149 Å². The summed E-state index contributed by atoms with van der Waals surface area (Å²) in [6.07, 6.45) is 3.24. The van der Waals surface area contributed by atoms with Crippen LogP contribution in [0.15, 0.2) is 41.0 Å². The van der Waals surface area contributed by atoms with Gasteiger partial charge in [0.05, 0.1) is 0 Å². The summed E-state index contributed by atoms with van der Waals surface area (Å²) >= 11 is 3.39. The number of piperidine rings is 1. The summed E-state index contributed by atoms with van der Waals surface area (Å²) < 4.78 is 2.65. The molecule has 7 heteroatoms. The number of anilines is 1. The Hall–Kier alpha value is -2.15. The molecule has 1 atom stereocenters. The molecule has 0 bridgehead atoms. The molecule has 2 heterocycles. The first-order valence-electron chi connectivity index (χ1n) is 7.99. The SMILES string of the molecule is CCn1ccc(C(=O)NC2CCCN(c3ccc(Br)cc3)C2=O)n1. The zero-order chi connectivity index (χ0) is 17.1. The van der Waals surface area contributed by atoms with E-state index in [0.29, 0.717) is 25.2 Å². The van der Waals surface area contributed by atoms with Gasteiger partial charge in [-0.05, 0) is 50.1 Å². The van der Waals surface area contributed by atoms with Crippen molar-refractivity contribution in [3.05, 3.63) is 46.7 Å². The summed E-state index contributed by atoms with van der Waals surface area (Å²) in [5, 5.41) is 7.00. The molecule has 1 aromatic heterocycles. The minimum absolute atomic E-state index is 0.0770. The Kier molecular flexibility index (Phi) is 4.99. The van der Waals surface area contributed by atoms with Crippen molar-refractivity contribution in [1.29, 1.82) is 0 Å². The van der Waals surface area contributed by atoms with Crippen LogP contribution in [0.25, 0.3) is 0 Å². The second kappa shape index (κ2) is 7.17. The third-order valence-electron chi connectivity index (χ3n) is 4.08. The van der Waals surface area contributed by atoms with Crippen LogP contribution < -0.4 is 10.2 Å². The zero-order valence-corrected chi connectivity index (χ0v) is 15.0. The Morgan fingerprint density at radius 2 is 2.08 bits per heavy atom. The molecule has 6 nitrogen and oxygen atoms in total. The molecule has 1 fully saturated rings. The van der Waals surface area contributed by atoms with Crippen LogP contribution in [0.1, 0.15) is 30.3 Å². The number of carbonyl (C=O) groups is 2. The number of benzene rings is 1. The molecular weight excluding hydrogens is 372 g/mol. The molecule has 1 aromatic carbocycles. The van der Waals surface area contributed by atoms with Crippen molar-refractivity contribution in [3.8, 4) is 0 Å². The molecule has 1 saturated heterocycles. The third-order valence-corrected chi connectivity index (χ3v) is 4.61. The smallest absolute Gasteiger partial charge is 0.272 e. The highest BCUT2D eigenvalue weighted by molar-refractivity contribution is 9.10. The molecule has 1 aliphatic rings. The van der Waals surface area contributed by atoms with Crippen molar-refractivity contribution >= 4 is 33.4 Å². The van der Waals surface area contributed by atoms with Crippen molar-refractivity contribution in [2.45, 2.75) is 32.4 Å². The molecule has 0 aliphatic carbocycles. The molecule has 1 N–H and O–H groups in total. The summed E-state index contributed by atoms with van der Waals surface area (Å²) in [5.74, 6) is -0.384. The van der Waals surface area contributed by atoms with Gasteiger partial charge in [0.1, 0.15) is 11.7 Å². The fraction of sp³-hybridized carbons (Fsp3) is 0.353. The summed E-state index contributed by atoms with van der Waals surface area (Å²) in [5.41, 5.74) is 1.18. The van der Waals surface area contributed by atoms with Gasteiger partial charge in [-0.15, -0.1) is 0 Å². The van der Waals surface area contributed by atoms with Crippen LogP contribution in [0.3, 0.4) is 0 Å². The van der Waals surface area contributed by atoms with Crippen molar-refractivity contribution < 1.29 is 9.59 Å². The summed E-state index contributed by atoms with van der Waals surface area (Å²) in [6.45, 7) is 3.32. The van der Waals surface area contributed by atoms with Gasteiger partial charge in [0.15, 0.2) is 0 Å². The standard InChI is InChI=1S/C17H19BrN4O2/c1-2-21-11-9-14(20-21)16(23)19-15-4-3-10-22(17(15)24)13-7-5-12(18)6-8-13/h5-9,11,15H,2-4,10H2,1H3,(H,19,23). The Morgan fingerprint density at radius 1 is 1.33 bits per heavy atom. The van der Waals surface area contributed by atoms with E-state index in [1.54, 1.807) is 21.8 Å². The first kappa shape index (κ1) is 16.7. The molecule has 126 valence electrons. The maximum atomic E-state index is 12.7. The van der Waals surface area contributed by atoms with Gasteiger partial charge < -0.3 is 10.2 Å². The number of halogens is 1. The first-order chi connectivity index (χ1) is 11.6. The van der Waals surface area contributed by atoms with E-state index in [2.05, 4.69) is 26.3 Å². The molecule has 3 rings (SSSR count). The highest BCUT2D eigenvalue weighted by Gasteiger charge is 2.31. The van der Waals surface area contributed by atoms with Crippen LogP contribution in [0.2, 0.25) is 0 Å². The second-order valence-corrected chi connectivity index (χ2v) is 6.61. The van der Waals surface area contributed by atoms with Crippen LogP contribution >= 0.6 is 15.9 Å². The average Bonchev–Trinajstić information content (AvgIpc) is 3.07. The van der Waals surface area contributed by atoms with Gasteiger partial charge in [0.25, 0.3) is 5.91 Å². The minimum atomic E-state index is -0.512. The van der Waals surface area contributed by atoms with E-state index >= 15 is 0 Å². The minimum Gasteiger partial charge on any atom is -0.339 e. The Balaban J connectivity index is 1.70. The monoisotopic (exact) mass is 390 g/mol. The van der Waals surface area contributed by atoms with Gasteiger partial charge >= 0.3 is 0 Å². The molecule has 0 saturated carbocycles. The Bertz CT molecular complexity index is 741. The van der Waals surface area contributed by atoms with Crippen LogP contribution in [0.5, 0.6) is 0 Å². The quantitative estimate of drug-likeness (QED) is 0.871. The van der Waals surface area contributed by atoms with Gasteiger partial charge in [-0.2, -0.15) is 5.10 Å². The van der Waals surface area contributed by atoms with Gasteiger partial charge in [-0.1, -0.05) is 15.9 Å². The largest absolute Gasteiger partial charge is 0.339 e. The lowest BCUT2D eigenvalue weighted by Crippen LogP contribution is -2.52. The van der Waals surface area contributed by atoms with Crippen LogP contribution in [-0.2, 0) is 11.3 Å². The summed E-state index contributed by atoms with van der Waals surface area (Å²) in [7, 11) is 0. The number of carbonyl (C=O) groups excluding carboxylic acids is 2. The Morgan fingerprint density at radius 3 is 2.75 bits per heavy atom. The summed E-state index contributed by atoms with van der Waals surface area (Å²) in [6, 6.07) is 8.76. The predicted molar refractivity (Wildman–Crippen MR) is 94.9 cm³/mol. The number of rotatable bonds is 4. The molecule has 2 aromatic rings. The van der Waals surface area contributed by atoms with Crippen molar-refractivity contribution in [2.24, 2.45) is 0 Å². The zero-order valence-electron chi connectivity index (χ0n) is 13.4. The number of amides is 2. The third kappa shape index (κ3) is 3.51. The molecule has 24 heavy (non-hydrogen) atoms.